The second-order valence-electron chi connectivity index (χ2n) is 3.77. The van der Waals surface area contributed by atoms with Crippen molar-refractivity contribution in [1.29, 1.82) is 0 Å². The fraction of sp³-hybridized carbons (Fsp3) is 0.333. The average Bonchev–Trinajstić information content (AvgIpc) is 2.25. The topological polar surface area (TPSA) is 55.4 Å². The van der Waals surface area contributed by atoms with Crippen molar-refractivity contribution in [3.05, 3.63) is 35.4 Å². The molecule has 0 aliphatic heterocycles. The van der Waals surface area contributed by atoms with E-state index in [4.69, 9.17) is 0 Å². The predicted molar refractivity (Wildman–Crippen MR) is 59.7 cm³/mol. The van der Waals surface area contributed by atoms with Crippen LogP contribution in [0.1, 0.15) is 12.5 Å². The van der Waals surface area contributed by atoms with Crippen LogP contribution in [0, 0.1) is 11.6 Å². The van der Waals surface area contributed by atoms with E-state index in [1.54, 1.807) is 0 Å². The van der Waals surface area contributed by atoms with Crippen molar-refractivity contribution >= 4 is 11.9 Å². The molecule has 1 aromatic carbocycles. The van der Waals surface area contributed by atoms with E-state index in [9.17, 15) is 18.4 Å². The van der Waals surface area contributed by atoms with Crippen LogP contribution in [0.4, 0.5) is 8.78 Å². The van der Waals surface area contributed by atoms with Gasteiger partial charge in [0.1, 0.15) is 17.7 Å². The van der Waals surface area contributed by atoms with E-state index in [0.29, 0.717) is 0 Å². The minimum absolute atomic E-state index is 0.196. The number of ether oxygens (including phenoxy) is 1. The summed E-state index contributed by atoms with van der Waals surface area (Å²) in [5, 5.41) is 2.36. The van der Waals surface area contributed by atoms with Crippen molar-refractivity contribution in [2.45, 2.75) is 19.4 Å². The van der Waals surface area contributed by atoms with Gasteiger partial charge in [0, 0.05) is 6.07 Å². The van der Waals surface area contributed by atoms with Gasteiger partial charge in [-0.2, -0.15) is 0 Å². The second kappa shape index (κ2) is 6.09. The Morgan fingerprint density at radius 2 is 1.83 bits per heavy atom. The van der Waals surface area contributed by atoms with Crippen LogP contribution >= 0.6 is 0 Å². The SMILES string of the molecule is COC(=O)[C@@H](C)NC(=O)Cc1cc(F)cc(F)c1. The van der Waals surface area contributed by atoms with E-state index >= 15 is 0 Å². The van der Waals surface area contributed by atoms with Crippen molar-refractivity contribution < 1.29 is 23.1 Å². The Kier molecular flexibility index (Phi) is 4.76. The van der Waals surface area contributed by atoms with E-state index in [-0.39, 0.29) is 12.0 Å². The number of hydrogen-bond donors (Lipinski definition) is 1. The number of esters is 1. The summed E-state index contributed by atoms with van der Waals surface area (Å²) in [5.74, 6) is -2.61. The molecule has 1 atom stereocenters. The molecule has 0 saturated carbocycles. The van der Waals surface area contributed by atoms with Gasteiger partial charge >= 0.3 is 5.97 Å². The maximum absolute atomic E-state index is 12.9. The third-order valence-electron chi connectivity index (χ3n) is 2.22. The van der Waals surface area contributed by atoms with Gasteiger partial charge in [0.2, 0.25) is 5.91 Å². The first-order chi connectivity index (χ1) is 8.42. The van der Waals surface area contributed by atoms with Gasteiger partial charge in [0.05, 0.1) is 13.5 Å². The predicted octanol–water partition coefficient (Wildman–Crippen LogP) is 1.18. The molecule has 0 fully saturated rings. The van der Waals surface area contributed by atoms with E-state index in [1.165, 1.54) is 14.0 Å². The van der Waals surface area contributed by atoms with Crippen LogP contribution in [0.5, 0.6) is 0 Å². The molecular formula is C12H13F2NO3. The fourth-order valence-corrected chi connectivity index (χ4v) is 1.43. The van der Waals surface area contributed by atoms with Crippen molar-refractivity contribution in [2.75, 3.05) is 7.11 Å². The van der Waals surface area contributed by atoms with Gasteiger partial charge in [-0.25, -0.2) is 13.6 Å². The van der Waals surface area contributed by atoms with Crippen molar-refractivity contribution in [2.24, 2.45) is 0 Å². The highest BCUT2D eigenvalue weighted by molar-refractivity contribution is 5.85. The summed E-state index contributed by atoms with van der Waals surface area (Å²) >= 11 is 0. The summed E-state index contributed by atoms with van der Waals surface area (Å²) in [6.07, 6.45) is -0.212. The lowest BCUT2D eigenvalue weighted by molar-refractivity contribution is -0.144. The highest BCUT2D eigenvalue weighted by atomic mass is 19.1. The first-order valence-corrected chi connectivity index (χ1v) is 5.24. The van der Waals surface area contributed by atoms with E-state index in [2.05, 4.69) is 10.1 Å². The minimum atomic E-state index is -0.805. The van der Waals surface area contributed by atoms with Crippen LogP contribution in [0.25, 0.3) is 0 Å². The van der Waals surface area contributed by atoms with Gasteiger partial charge in [-0.1, -0.05) is 0 Å². The average molecular weight is 257 g/mol. The molecule has 1 rings (SSSR count). The Balaban J connectivity index is 2.62. The van der Waals surface area contributed by atoms with Gasteiger partial charge in [0.15, 0.2) is 0 Å². The minimum Gasteiger partial charge on any atom is -0.467 e. The van der Waals surface area contributed by atoms with Crippen molar-refractivity contribution in [1.82, 2.24) is 5.32 Å². The maximum atomic E-state index is 12.9. The summed E-state index contributed by atoms with van der Waals surface area (Å²) in [5.41, 5.74) is 0.196. The molecule has 4 nitrogen and oxygen atoms in total. The highest BCUT2D eigenvalue weighted by Gasteiger charge is 2.16. The third kappa shape index (κ3) is 4.12. The normalized spacial score (nSPS) is 11.8. The van der Waals surface area contributed by atoms with E-state index in [0.717, 1.165) is 18.2 Å². The molecule has 98 valence electrons. The largest absolute Gasteiger partial charge is 0.467 e. The van der Waals surface area contributed by atoms with Crippen molar-refractivity contribution in [3.8, 4) is 0 Å². The number of halogens is 2. The Labute approximate surface area is 103 Å². The van der Waals surface area contributed by atoms with Crippen LogP contribution in [0.3, 0.4) is 0 Å². The van der Waals surface area contributed by atoms with E-state index in [1.807, 2.05) is 0 Å². The molecule has 0 aliphatic carbocycles. The molecule has 0 radical (unpaired) electrons. The zero-order valence-corrected chi connectivity index (χ0v) is 10.00. The molecular weight excluding hydrogens is 244 g/mol. The molecule has 6 heteroatoms. The molecule has 0 saturated heterocycles. The summed E-state index contributed by atoms with van der Waals surface area (Å²) in [6.45, 7) is 1.45. The molecule has 0 bridgehead atoms. The van der Waals surface area contributed by atoms with Crippen molar-refractivity contribution in [3.63, 3.8) is 0 Å². The molecule has 1 aromatic rings. The first-order valence-electron chi connectivity index (χ1n) is 5.24. The number of rotatable bonds is 4. The maximum Gasteiger partial charge on any atom is 0.328 e. The lowest BCUT2D eigenvalue weighted by Crippen LogP contribution is -2.39. The van der Waals surface area contributed by atoms with Gasteiger partial charge in [0.25, 0.3) is 0 Å². The number of carbonyl (C=O) groups is 2. The first kappa shape index (κ1) is 14.1. The summed E-state index contributed by atoms with van der Waals surface area (Å²) < 4.78 is 30.2. The molecule has 0 spiro atoms. The van der Waals surface area contributed by atoms with Crippen LogP contribution < -0.4 is 5.32 Å². The van der Waals surface area contributed by atoms with Crippen LogP contribution in [-0.4, -0.2) is 25.0 Å². The number of methoxy groups -OCH3 is 1. The zero-order chi connectivity index (χ0) is 13.7. The van der Waals surface area contributed by atoms with Crippen LogP contribution in [0.15, 0.2) is 18.2 Å². The summed E-state index contributed by atoms with van der Waals surface area (Å²) in [6, 6.07) is 2.04. The Bertz CT molecular complexity index is 442. The third-order valence-corrected chi connectivity index (χ3v) is 2.22. The molecule has 0 aromatic heterocycles. The second-order valence-corrected chi connectivity index (χ2v) is 3.77. The zero-order valence-electron chi connectivity index (χ0n) is 10.00. The number of nitrogens with one attached hydrogen (secondary N) is 1. The van der Waals surface area contributed by atoms with Gasteiger partial charge in [-0.15, -0.1) is 0 Å². The monoisotopic (exact) mass is 257 g/mol. The standard InChI is InChI=1S/C12H13F2NO3/c1-7(12(17)18-2)15-11(16)5-8-3-9(13)6-10(14)4-8/h3-4,6-7H,5H2,1-2H3,(H,15,16)/t7-/m1/s1. The Morgan fingerprint density at radius 3 is 2.33 bits per heavy atom. The number of benzene rings is 1. The number of carbonyl (C=O) groups excluding carboxylic acids is 2. The molecule has 0 heterocycles. The smallest absolute Gasteiger partial charge is 0.328 e. The molecule has 1 amide bonds. The van der Waals surface area contributed by atoms with Gasteiger partial charge < -0.3 is 10.1 Å². The van der Waals surface area contributed by atoms with Gasteiger partial charge in [-0.05, 0) is 24.6 Å². The summed E-state index contributed by atoms with van der Waals surface area (Å²) in [4.78, 5) is 22.6. The van der Waals surface area contributed by atoms with E-state index < -0.39 is 29.6 Å². The molecule has 0 unspecified atom stereocenters. The molecule has 18 heavy (non-hydrogen) atoms. The molecule has 1 N–H and O–H groups in total. The fourth-order valence-electron chi connectivity index (χ4n) is 1.43. The lowest BCUT2D eigenvalue weighted by atomic mass is 10.1. The Morgan fingerprint density at radius 1 is 1.28 bits per heavy atom. The highest BCUT2D eigenvalue weighted by Crippen LogP contribution is 2.08. The quantitative estimate of drug-likeness (QED) is 0.824. The number of amides is 1. The lowest BCUT2D eigenvalue weighted by Gasteiger charge is -2.11. The molecule has 0 aliphatic rings. The van der Waals surface area contributed by atoms with Crippen LogP contribution in [-0.2, 0) is 20.7 Å². The van der Waals surface area contributed by atoms with Gasteiger partial charge in [-0.3, -0.25) is 4.79 Å². The summed E-state index contributed by atoms with van der Waals surface area (Å²) in [7, 11) is 1.20. The van der Waals surface area contributed by atoms with Crippen LogP contribution in [0.2, 0.25) is 0 Å². The Hall–Kier alpha value is -1.98. The number of hydrogen-bond acceptors (Lipinski definition) is 3.